The first-order chi connectivity index (χ1) is 9.02. The second kappa shape index (κ2) is 5.57. The van der Waals surface area contributed by atoms with Gasteiger partial charge in [-0.3, -0.25) is 4.79 Å². The summed E-state index contributed by atoms with van der Waals surface area (Å²) in [4.78, 5) is 13.9. The predicted molar refractivity (Wildman–Crippen MR) is 71.3 cm³/mol. The Kier molecular flexibility index (Phi) is 4.04. The lowest BCUT2D eigenvalue weighted by molar-refractivity contribution is 0.0650. The van der Waals surface area contributed by atoms with E-state index < -0.39 is 5.82 Å². The van der Waals surface area contributed by atoms with Crippen molar-refractivity contribution in [3.63, 3.8) is 0 Å². The number of amides is 1. The quantitative estimate of drug-likeness (QED) is 0.798. The maximum Gasteiger partial charge on any atom is 0.254 e. The van der Waals surface area contributed by atoms with Crippen LogP contribution < -0.4 is 5.73 Å². The number of aliphatic hydroxyl groups is 1. The number of nitrogens with zero attached hydrogens (tertiary/aromatic N) is 1. The second-order valence-electron chi connectivity index (χ2n) is 5.09. The fourth-order valence-electron chi connectivity index (χ4n) is 2.32. The Balaban J connectivity index is 2.12. The van der Waals surface area contributed by atoms with E-state index in [-0.39, 0.29) is 18.4 Å². The molecule has 0 aromatic heterocycles. The number of carbonyl (C=O) groups excluding carboxylic acids is 1. The minimum Gasteiger partial charge on any atom is -0.398 e. The van der Waals surface area contributed by atoms with Crippen molar-refractivity contribution in [2.24, 2.45) is 5.92 Å². The number of hydrogen-bond acceptors (Lipinski definition) is 3. The first-order valence-corrected chi connectivity index (χ1v) is 6.48. The minimum absolute atomic E-state index is 0.161. The highest BCUT2D eigenvalue weighted by molar-refractivity contribution is 5.95. The van der Waals surface area contributed by atoms with Gasteiger partial charge in [0.05, 0.1) is 0 Å². The summed E-state index contributed by atoms with van der Waals surface area (Å²) in [5.74, 6) is -0.376. The largest absolute Gasteiger partial charge is 0.398 e. The van der Waals surface area contributed by atoms with Crippen molar-refractivity contribution in [3.05, 3.63) is 29.1 Å². The van der Waals surface area contributed by atoms with Gasteiger partial charge in [0.25, 0.3) is 5.91 Å². The number of carbonyl (C=O) groups is 1. The SMILES string of the molecule is Cc1c(N)cc(C(=O)N2CCC(CO)CC2)cc1F. The van der Waals surface area contributed by atoms with Gasteiger partial charge in [-0.25, -0.2) is 4.39 Å². The zero-order valence-corrected chi connectivity index (χ0v) is 11.0. The first kappa shape index (κ1) is 13.8. The van der Waals surface area contributed by atoms with Gasteiger partial charge < -0.3 is 15.7 Å². The third kappa shape index (κ3) is 2.87. The highest BCUT2D eigenvalue weighted by Crippen LogP contribution is 2.22. The van der Waals surface area contributed by atoms with Crippen molar-refractivity contribution in [1.29, 1.82) is 0 Å². The van der Waals surface area contributed by atoms with Crippen LogP contribution in [0, 0.1) is 18.7 Å². The van der Waals surface area contributed by atoms with Gasteiger partial charge in [0.15, 0.2) is 0 Å². The highest BCUT2D eigenvalue weighted by Gasteiger charge is 2.24. The fraction of sp³-hybridized carbons (Fsp3) is 0.500. The summed E-state index contributed by atoms with van der Waals surface area (Å²) >= 11 is 0. The van der Waals surface area contributed by atoms with Gasteiger partial charge in [-0.1, -0.05) is 0 Å². The maximum atomic E-state index is 13.6. The second-order valence-corrected chi connectivity index (χ2v) is 5.09. The van der Waals surface area contributed by atoms with Crippen LogP contribution in [0.5, 0.6) is 0 Å². The third-order valence-electron chi connectivity index (χ3n) is 3.79. The number of likely N-dealkylation sites (tertiary alicyclic amines) is 1. The summed E-state index contributed by atoms with van der Waals surface area (Å²) < 4.78 is 13.6. The van der Waals surface area contributed by atoms with Crippen LogP contribution in [-0.4, -0.2) is 35.6 Å². The Morgan fingerprint density at radius 3 is 2.63 bits per heavy atom. The summed E-state index contributed by atoms with van der Waals surface area (Å²) in [5.41, 5.74) is 6.65. The zero-order chi connectivity index (χ0) is 14.0. The molecule has 1 aliphatic heterocycles. The van der Waals surface area contributed by atoms with E-state index in [0.717, 1.165) is 12.8 Å². The summed E-state index contributed by atoms with van der Waals surface area (Å²) in [6, 6.07) is 2.77. The molecule has 0 unspecified atom stereocenters. The van der Waals surface area contributed by atoms with Crippen molar-refractivity contribution < 1.29 is 14.3 Å². The van der Waals surface area contributed by atoms with E-state index in [2.05, 4.69) is 0 Å². The Labute approximate surface area is 112 Å². The summed E-state index contributed by atoms with van der Waals surface area (Å²) in [6.45, 7) is 2.94. The molecule has 104 valence electrons. The summed E-state index contributed by atoms with van der Waals surface area (Å²) in [6.07, 6.45) is 1.57. The minimum atomic E-state index is -0.450. The highest BCUT2D eigenvalue weighted by atomic mass is 19.1. The predicted octanol–water partition coefficient (Wildman–Crippen LogP) is 1.56. The molecule has 0 radical (unpaired) electrons. The molecule has 1 aromatic carbocycles. The number of halogens is 1. The van der Waals surface area contributed by atoms with Crippen LogP contribution in [0.25, 0.3) is 0 Å². The molecule has 1 aromatic rings. The molecule has 1 aliphatic rings. The van der Waals surface area contributed by atoms with Crippen LogP contribution in [0.4, 0.5) is 10.1 Å². The van der Waals surface area contributed by atoms with Crippen LogP contribution in [-0.2, 0) is 0 Å². The average molecular weight is 266 g/mol. The molecule has 5 heteroatoms. The normalized spacial score (nSPS) is 16.7. The van der Waals surface area contributed by atoms with Gasteiger partial charge in [0, 0.05) is 36.5 Å². The Hall–Kier alpha value is -1.62. The van der Waals surface area contributed by atoms with Crippen LogP contribution in [0.3, 0.4) is 0 Å². The lowest BCUT2D eigenvalue weighted by Crippen LogP contribution is -2.39. The average Bonchev–Trinajstić information content (AvgIpc) is 2.43. The van der Waals surface area contributed by atoms with E-state index in [1.54, 1.807) is 11.8 Å². The molecule has 3 N–H and O–H groups in total. The van der Waals surface area contributed by atoms with Gasteiger partial charge in [0.2, 0.25) is 0 Å². The monoisotopic (exact) mass is 266 g/mol. The molecule has 2 rings (SSSR count). The number of hydrogen-bond donors (Lipinski definition) is 2. The van der Waals surface area contributed by atoms with Crippen LogP contribution in [0.15, 0.2) is 12.1 Å². The molecule has 1 fully saturated rings. The number of aliphatic hydroxyl groups excluding tert-OH is 1. The zero-order valence-electron chi connectivity index (χ0n) is 11.0. The number of benzene rings is 1. The lowest BCUT2D eigenvalue weighted by Gasteiger charge is -2.31. The number of rotatable bonds is 2. The van der Waals surface area contributed by atoms with E-state index in [9.17, 15) is 9.18 Å². The van der Waals surface area contributed by atoms with Gasteiger partial charge in [-0.2, -0.15) is 0 Å². The number of nitrogen functional groups attached to an aromatic ring is 1. The summed E-state index contributed by atoms with van der Waals surface area (Å²) in [7, 11) is 0. The fourth-order valence-corrected chi connectivity index (χ4v) is 2.32. The van der Waals surface area contributed by atoms with Crippen LogP contribution in [0.2, 0.25) is 0 Å². The van der Waals surface area contributed by atoms with Crippen molar-refractivity contribution >= 4 is 11.6 Å². The summed E-state index contributed by atoms with van der Waals surface area (Å²) in [5, 5.41) is 9.07. The molecule has 0 spiro atoms. The number of nitrogens with two attached hydrogens (primary N) is 1. The molecule has 1 amide bonds. The Morgan fingerprint density at radius 1 is 1.47 bits per heavy atom. The standard InChI is InChI=1S/C14H19FN2O2/c1-9-12(15)6-11(7-13(9)16)14(19)17-4-2-10(8-18)3-5-17/h6-7,10,18H,2-5,8,16H2,1H3. The molecule has 1 saturated heterocycles. The molecule has 0 saturated carbocycles. The topological polar surface area (TPSA) is 66.6 Å². The molecular formula is C14H19FN2O2. The molecule has 0 aliphatic carbocycles. The van der Waals surface area contributed by atoms with Gasteiger partial charge in [0.1, 0.15) is 5.82 Å². The Bertz CT molecular complexity index is 459. The Morgan fingerprint density at radius 2 is 2.11 bits per heavy atom. The molecular weight excluding hydrogens is 247 g/mol. The molecule has 1 heterocycles. The van der Waals surface area contributed by atoms with Crippen molar-refractivity contribution in [2.75, 3.05) is 25.4 Å². The lowest BCUT2D eigenvalue weighted by atomic mass is 9.97. The van der Waals surface area contributed by atoms with Crippen LogP contribution >= 0.6 is 0 Å². The van der Waals surface area contributed by atoms with Gasteiger partial charge in [-0.15, -0.1) is 0 Å². The molecule has 4 nitrogen and oxygen atoms in total. The number of piperidine rings is 1. The molecule has 0 atom stereocenters. The van der Waals surface area contributed by atoms with E-state index in [4.69, 9.17) is 10.8 Å². The van der Waals surface area contributed by atoms with E-state index in [1.807, 2.05) is 0 Å². The maximum absolute atomic E-state index is 13.6. The van der Waals surface area contributed by atoms with Gasteiger partial charge in [-0.05, 0) is 37.8 Å². The van der Waals surface area contributed by atoms with E-state index in [1.165, 1.54) is 12.1 Å². The smallest absolute Gasteiger partial charge is 0.254 e. The van der Waals surface area contributed by atoms with Crippen molar-refractivity contribution in [2.45, 2.75) is 19.8 Å². The molecule has 0 bridgehead atoms. The van der Waals surface area contributed by atoms with Crippen molar-refractivity contribution in [1.82, 2.24) is 4.90 Å². The van der Waals surface area contributed by atoms with E-state index >= 15 is 0 Å². The van der Waals surface area contributed by atoms with Crippen molar-refractivity contribution in [3.8, 4) is 0 Å². The van der Waals surface area contributed by atoms with E-state index in [0.29, 0.717) is 29.9 Å². The molecule has 19 heavy (non-hydrogen) atoms. The first-order valence-electron chi connectivity index (χ1n) is 6.48. The van der Waals surface area contributed by atoms with Crippen LogP contribution in [0.1, 0.15) is 28.8 Å². The van der Waals surface area contributed by atoms with Gasteiger partial charge >= 0.3 is 0 Å². The third-order valence-corrected chi connectivity index (χ3v) is 3.79. The number of anilines is 1.